The highest BCUT2D eigenvalue weighted by Crippen LogP contribution is 2.62. The molecule has 0 bridgehead atoms. The van der Waals surface area contributed by atoms with Gasteiger partial charge in [-0.3, -0.25) is 9.69 Å². The molecule has 8 rings (SSSR count). The van der Waals surface area contributed by atoms with E-state index in [0.717, 1.165) is 67.8 Å². The van der Waals surface area contributed by atoms with Crippen molar-refractivity contribution >= 4 is 11.6 Å². The number of ether oxygens (including phenoxy) is 5. The lowest BCUT2D eigenvalue weighted by atomic mass is 9.55. The number of fused-ring (bicyclic) bond motifs is 3. The monoisotopic (exact) mass is 832 g/mol. The molecule has 3 aliphatic heterocycles. The van der Waals surface area contributed by atoms with E-state index in [1.54, 1.807) is 30.3 Å². The van der Waals surface area contributed by atoms with Crippen LogP contribution in [0.1, 0.15) is 77.9 Å². The summed E-state index contributed by atoms with van der Waals surface area (Å²) >= 11 is 0. The number of amides is 1. The van der Waals surface area contributed by atoms with E-state index >= 15 is 4.79 Å². The summed E-state index contributed by atoms with van der Waals surface area (Å²) in [5, 5.41) is 34.2. The van der Waals surface area contributed by atoms with Crippen molar-refractivity contribution in [2.24, 2.45) is 22.9 Å². The van der Waals surface area contributed by atoms with E-state index in [1.165, 1.54) is 7.11 Å². The first-order chi connectivity index (χ1) is 29.9. The van der Waals surface area contributed by atoms with Crippen molar-refractivity contribution in [2.75, 3.05) is 60.0 Å². The number of aliphatic hydroxyl groups is 2. The van der Waals surface area contributed by atoms with Gasteiger partial charge in [0.15, 0.2) is 11.5 Å². The molecule has 3 aromatic rings. The van der Waals surface area contributed by atoms with Gasteiger partial charge in [-0.25, -0.2) is 0 Å². The highest BCUT2D eigenvalue weighted by molar-refractivity contribution is 6.03. The van der Waals surface area contributed by atoms with Gasteiger partial charge >= 0.3 is 0 Å². The maximum atomic E-state index is 15.3. The molecule has 13 nitrogen and oxygen atoms in total. The standard InChI is InChI=1S/C48H56N4O9/c1-3-23-60-48-44(52(47(55)34-13-10-32(29-49)11-14-34)30-33-12-16-42-43(25-33)59-31-58-42)28-40(50-56-2)38-26-35(8-4-6-21-53)37(9-5-7-22-54)45(46(38)48)39-27-36(15-17-41(39)61-48)57-24-20-51-18-19-51/h3,10-17,25-27,35,37,44-46,53-54H,1,4-9,18-24,28,30-31H2,2H3. The highest BCUT2D eigenvalue weighted by atomic mass is 16.7. The summed E-state index contributed by atoms with van der Waals surface area (Å²) in [4.78, 5) is 25.0. The zero-order valence-electron chi connectivity index (χ0n) is 34.9. The molecule has 1 saturated carbocycles. The molecule has 61 heavy (non-hydrogen) atoms. The third kappa shape index (κ3) is 8.86. The van der Waals surface area contributed by atoms with E-state index < -0.39 is 17.7 Å². The molecule has 0 aromatic heterocycles. The fourth-order valence-electron chi connectivity index (χ4n) is 9.85. The van der Waals surface area contributed by atoms with Crippen LogP contribution in [0.3, 0.4) is 0 Å². The molecule has 3 heterocycles. The normalized spacial score (nSPS) is 25.0. The fourth-order valence-corrected chi connectivity index (χ4v) is 9.85. The second kappa shape index (κ2) is 19.1. The van der Waals surface area contributed by atoms with Crippen molar-refractivity contribution in [1.29, 1.82) is 5.26 Å². The van der Waals surface area contributed by atoms with Crippen molar-refractivity contribution in [1.82, 2.24) is 9.80 Å². The Labute approximate surface area is 357 Å². The van der Waals surface area contributed by atoms with E-state index in [2.05, 4.69) is 29.7 Å². The number of allylic oxidation sites excluding steroid dienone is 1. The maximum absolute atomic E-state index is 15.3. The Morgan fingerprint density at radius 2 is 1.79 bits per heavy atom. The number of aliphatic hydroxyl groups excluding tert-OH is 2. The topological polar surface area (TPSA) is 155 Å². The zero-order valence-corrected chi connectivity index (χ0v) is 34.9. The first kappa shape index (κ1) is 42.3. The Hall–Kier alpha value is -5.39. The van der Waals surface area contributed by atoms with E-state index in [4.69, 9.17) is 33.7 Å². The van der Waals surface area contributed by atoms with Crippen molar-refractivity contribution < 1.29 is 43.5 Å². The third-order valence-corrected chi connectivity index (χ3v) is 12.8. The molecule has 6 unspecified atom stereocenters. The van der Waals surface area contributed by atoms with Gasteiger partial charge in [-0.15, -0.1) is 6.58 Å². The number of benzene rings is 3. The minimum atomic E-state index is -1.45. The Bertz CT molecular complexity index is 2150. The van der Waals surface area contributed by atoms with Crippen LogP contribution in [0.4, 0.5) is 0 Å². The molecule has 2 N–H and O–H groups in total. The van der Waals surface area contributed by atoms with Gasteiger partial charge in [-0.1, -0.05) is 36.2 Å². The van der Waals surface area contributed by atoms with Crippen LogP contribution in [-0.4, -0.2) is 103 Å². The van der Waals surface area contributed by atoms with Crippen LogP contribution >= 0.6 is 0 Å². The Balaban J connectivity index is 1.32. The number of oxime groups is 1. The second-order valence-corrected chi connectivity index (χ2v) is 16.5. The first-order valence-corrected chi connectivity index (χ1v) is 21.6. The van der Waals surface area contributed by atoms with Crippen molar-refractivity contribution in [3.63, 3.8) is 0 Å². The second-order valence-electron chi connectivity index (χ2n) is 16.5. The number of hydrogen-bond donors (Lipinski definition) is 2. The molecule has 0 radical (unpaired) electrons. The van der Waals surface area contributed by atoms with Crippen LogP contribution in [0, 0.1) is 29.1 Å². The Morgan fingerprint density at radius 1 is 1.02 bits per heavy atom. The van der Waals surface area contributed by atoms with Crippen molar-refractivity contribution in [2.45, 2.75) is 69.2 Å². The summed E-state index contributed by atoms with van der Waals surface area (Å²) in [5.74, 6) is 0.407. The van der Waals surface area contributed by atoms with Crippen LogP contribution < -0.4 is 18.9 Å². The molecule has 1 saturated heterocycles. The number of carbonyl (C=O) groups excluding carboxylic acids is 1. The van der Waals surface area contributed by atoms with E-state index in [1.807, 2.05) is 35.2 Å². The zero-order chi connectivity index (χ0) is 42.3. The molecule has 2 fully saturated rings. The van der Waals surface area contributed by atoms with E-state index in [0.29, 0.717) is 53.5 Å². The lowest BCUT2D eigenvalue weighted by Gasteiger charge is -2.60. The van der Waals surface area contributed by atoms with Gasteiger partial charge in [0, 0.05) is 62.9 Å². The van der Waals surface area contributed by atoms with Gasteiger partial charge in [0.25, 0.3) is 5.91 Å². The predicted octanol–water partition coefficient (Wildman–Crippen LogP) is 6.59. The Morgan fingerprint density at radius 3 is 2.52 bits per heavy atom. The number of nitriles is 1. The van der Waals surface area contributed by atoms with Gasteiger partial charge in [0.2, 0.25) is 12.6 Å². The van der Waals surface area contributed by atoms with Gasteiger partial charge in [0.1, 0.15) is 31.3 Å². The maximum Gasteiger partial charge on any atom is 0.254 e. The van der Waals surface area contributed by atoms with E-state index in [9.17, 15) is 15.5 Å². The molecule has 322 valence electrons. The van der Waals surface area contributed by atoms with Crippen LogP contribution in [0.15, 0.2) is 90.1 Å². The molecule has 13 heteroatoms. The summed E-state index contributed by atoms with van der Waals surface area (Å²) in [6.07, 6.45) is 8.92. The lowest BCUT2D eigenvalue weighted by molar-refractivity contribution is -0.255. The minimum Gasteiger partial charge on any atom is -0.492 e. The molecular formula is C48H56N4O9. The van der Waals surface area contributed by atoms with Crippen molar-refractivity contribution in [3.8, 4) is 29.1 Å². The van der Waals surface area contributed by atoms with Gasteiger partial charge in [-0.2, -0.15) is 5.26 Å². The van der Waals surface area contributed by atoms with Crippen LogP contribution in [0.5, 0.6) is 23.0 Å². The molecular weight excluding hydrogens is 777 g/mol. The minimum absolute atomic E-state index is 0.0697. The SMILES string of the molecule is C=CCOC12Oc3ccc(OCCN4CC4)cc3C3C(CCCCO)C(CCCCO)C=C(C(=NOC)CC1N(Cc1ccc4c(c1)OCO4)C(=O)c1ccc(C#N)cc1)C32. The fraction of sp³-hybridized carbons (Fsp3) is 0.479. The van der Waals surface area contributed by atoms with Crippen molar-refractivity contribution in [3.05, 3.63) is 107 Å². The van der Waals surface area contributed by atoms with Crippen LogP contribution in [0.2, 0.25) is 0 Å². The molecule has 0 spiro atoms. The first-order valence-electron chi connectivity index (χ1n) is 21.6. The molecule has 3 aromatic carbocycles. The third-order valence-electron chi connectivity index (χ3n) is 12.8. The summed E-state index contributed by atoms with van der Waals surface area (Å²) in [5.41, 5.74) is 4.30. The smallest absolute Gasteiger partial charge is 0.254 e. The number of unbranched alkanes of at least 4 members (excludes halogenated alkanes) is 2. The van der Waals surface area contributed by atoms with Crippen LogP contribution in [0.25, 0.3) is 0 Å². The van der Waals surface area contributed by atoms with Gasteiger partial charge in [-0.05, 0) is 103 Å². The summed E-state index contributed by atoms with van der Waals surface area (Å²) < 4.78 is 32.3. The molecule has 6 atom stereocenters. The highest BCUT2D eigenvalue weighted by Gasteiger charge is 2.65. The van der Waals surface area contributed by atoms with Gasteiger partial charge < -0.3 is 43.6 Å². The number of rotatable bonds is 20. The lowest BCUT2D eigenvalue weighted by Crippen LogP contribution is -2.70. The van der Waals surface area contributed by atoms with Gasteiger partial charge in [0.05, 0.1) is 29.9 Å². The summed E-state index contributed by atoms with van der Waals surface area (Å²) in [6.45, 7) is 8.25. The van der Waals surface area contributed by atoms with Crippen LogP contribution in [-0.2, 0) is 16.1 Å². The predicted molar refractivity (Wildman–Crippen MR) is 227 cm³/mol. The Kier molecular flexibility index (Phi) is 13.3. The summed E-state index contributed by atoms with van der Waals surface area (Å²) in [7, 11) is 1.54. The largest absolute Gasteiger partial charge is 0.492 e. The number of hydrogen-bond acceptors (Lipinski definition) is 12. The number of carbonyl (C=O) groups is 1. The average molecular weight is 833 g/mol. The van der Waals surface area contributed by atoms with E-state index in [-0.39, 0.29) is 63.2 Å². The molecule has 2 aliphatic carbocycles. The summed E-state index contributed by atoms with van der Waals surface area (Å²) in [6, 6.07) is 19.8. The molecule has 5 aliphatic rings. The quantitative estimate of drug-likeness (QED) is 0.0549. The average Bonchev–Trinajstić information content (AvgIpc) is 3.99. The molecule has 1 amide bonds. The number of nitrogens with zero attached hydrogens (tertiary/aromatic N) is 4.